The van der Waals surface area contributed by atoms with Gasteiger partial charge in [0.25, 0.3) is 0 Å². The van der Waals surface area contributed by atoms with Crippen LogP contribution < -0.4 is 15.8 Å². The van der Waals surface area contributed by atoms with E-state index in [9.17, 15) is 0 Å². The van der Waals surface area contributed by atoms with Gasteiger partial charge in [0.15, 0.2) is 5.65 Å². The Morgan fingerprint density at radius 2 is 1.77 bits per heavy atom. The fourth-order valence-corrected chi connectivity index (χ4v) is 3.85. The van der Waals surface area contributed by atoms with E-state index in [0.717, 1.165) is 54.1 Å². The molecule has 2 aromatic heterocycles. The van der Waals surface area contributed by atoms with Gasteiger partial charge >= 0.3 is 0 Å². The zero-order valence-electron chi connectivity index (χ0n) is 16.4. The first-order valence-electron chi connectivity index (χ1n) is 9.82. The number of ether oxygens (including phenoxy) is 1. The number of piperidine rings is 1. The molecule has 1 unspecified atom stereocenters. The van der Waals surface area contributed by atoms with Crippen molar-refractivity contribution >= 4 is 29.3 Å². The van der Waals surface area contributed by atoms with Gasteiger partial charge in [-0.1, -0.05) is 18.2 Å². The number of para-hydroxylation sites is 1. The molecule has 4 aromatic rings. The van der Waals surface area contributed by atoms with Gasteiger partial charge in [-0.15, -0.1) is 12.4 Å². The highest BCUT2D eigenvalue weighted by Crippen LogP contribution is 2.35. The van der Waals surface area contributed by atoms with Gasteiger partial charge < -0.3 is 15.8 Å². The smallest absolute Gasteiger partial charge is 0.187 e. The largest absolute Gasteiger partial charge is 0.457 e. The molecule has 8 heteroatoms. The topological polar surface area (TPSA) is 90.9 Å². The summed E-state index contributed by atoms with van der Waals surface area (Å²) in [6.07, 6.45) is 3.65. The Morgan fingerprint density at radius 1 is 1.00 bits per heavy atom. The zero-order valence-corrected chi connectivity index (χ0v) is 17.2. The first kappa shape index (κ1) is 20.1. The fourth-order valence-electron chi connectivity index (χ4n) is 3.85. The van der Waals surface area contributed by atoms with Crippen LogP contribution in [0.2, 0.25) is 0 Å². The van der Waals surface area contributed by atoms with Crippen molar-refractivity contribution in [2.45, 2.75) is 18.9 Å². The van der Waals surface area contributed by atoms with Crippen LogP contribution in [0.5, 0.6) is 11.5 Å². The van der Waals surface area contributed by atoms with Gasteiger partial charge in [0, 0.05) is 12.1 Å². The van der Waals surface area contributed by atoms with Crippen LogP contribution in [0.4, 0.5) is 5.82 Å². The standard InChI is InChI=1S/C22H22N6O.ClH/c23-21-19-20(15-8-10-18(11-9-15)29-17-6-2-1-3-7-17)28(16-5-4-12-24-13-16)27-22(19)26-14-25-21;/h1-3,6-11,14,16,24H,4-5,12-13H2,(H2,23,25,26,27);1H. The lowest BCUT2D eigenvalue weighted by Crippen LogP contribution is -2.32. The molecule has 0 radical (unpaired) electrons. The first-order valence-corrected chi connectivity index (χ1v) is 9.82. The SMILES string of the molecule is Cl.Nc1ncnc2nn(C3CCCNC3)c(-c3ccc(Oc4ccccc4)cc3)c12. The number of nitrogens with zero attached hydrogens (tertiary/aromatic N) is 4. The number of benzene rings is 2. The van der Waals surface area contributed by atoms with Crippen LogP contribution in [0.1, 0.15) is 18.9 Å². The van der Waals surface area contributed by atoms with E-state index in [4.69, 9.17) is 15.6 Å². The quantitative estimate of drug-likeness (QED) is 0.511. The maximum absolute atomic E-state index is 6.22. The molecule has 154 valence electrons. The van der Waals surface area contributed by atoms with Gasteiger partial charge in [-0.25, -0.2) is 9.97 Å². The Kier molecular flexibility index (Phi) is 5.83. The minimum atomic E-state index is 0. The molecule has 2 aromatic carbocycles. The highest BCUT2D eigenvalue weighted by atomic mass is 35.5. The Morgan fingerprint density at radius 3 is 2.50 bits per heavy atom. The number of nitrogen functional groups attached to an aromatic ring is 1. The van der Waals surface area contributed by atoms with Crippen molar-refractivity contribution in [3.8, 4) is 22.8 Å². The van der Waals surface area contributed by atoms with Gasteiger partial charge in [-0.2, -0.15) is 5.10 Å². The predicted octanol–water partition coefficient (Wildman–Crippen LogP) is 4.21. The highest BCUT2D eigenvalue weighted by Gasteiger charge is 2.24. The van der Waals surface area contributed by atoms with Crippen LogP contribution in [0.3, 0.4) is 0 Å². The van der Waals surface area contributed by atoms with E-state index < -0.39 is 0 Å². The van der Waals surface area contributed by atoms with E-state index in [2.05, 4.69) is 20.0 Å². The van der Waals surface area contributed by atoms with Crippen molar-refractivity contribution in [3.05, 3.63) is 60.9 Å². The summed E-state index contributed by atoms with van der Waals surface area (Å²) < 4.78 is 7.99. The van der Waals surface area contributed by atoms with Crippen LogP contribution in [0.25, 0.3) is 22.3 Å². The number of rotatable bonds is 4. The molecule has 0 amide bonds. The summed E-state index contributed by atoms with van der Waals surface area (Å²) >= 11 is 0. The Labute approximate surface area is 180 Å². The lowest BCUT2D eigenvalue weighted by molar-refractivity contribution is 0.351. The molecule has 0 aliphatic carbocycles. The molecule has 7 nitrogen and oxygen atoms in total. The van der Waals surface area contributed by atoms with Crippen molar-refractivity contribution < 1.29 is 4.74 Å². The average molecular weight is 423 g/mol. The lowest BCUT2D eigenvalue weighted by Gasteiger charge is -2.25. The van der Waals surface area contributed by atoms with Crippen molar-refractivity contribution in [1.82, 2.24) is 25.1 Å². The van der Waals surface area contributed by atoms with E-state index >= 15 is 0 Å². The van der Waals surface area contributed by atoms with E-state index in [1.54, 1.807) is 0 Å². The molecular weight excluding hydrogens is 400 g/mol. The molecule has 1 atom stereocenters. The third kappa shape index (κ3) is 3.81. The number of hydrogen-bond acceptors (Lipinski definition) is 6. The van der Waals surface area contributed by atoms with E-state index in [-0.39, 0.29) is 18.4 Å². The summed E-state index contributed by atoms with van der Waals surface area (Å²) in [4.78, 5) is 8.55. The summed E-state index contributed by atoms with van der Waals surface area (Å²) in [7, 11) is 0. The summed E-state index contributed by atoms with van der Waals surface area (Å²) in [5, 5.41) is 9.04. The molecule has 0 saturated carbocycles. The molecule has 5 rings (SSSR count). The number of fused-ring (bicyclic) bond motifs is 1. The monoisotopic (exact) mass is 422 g/mol. The van der Waals surface area contributed by atoms with E-state index in [1.165, 1.54) is 6.33 Å². The second kappa shape index (κ2) is 8.69. The number of nitrogens with one attached hydrogen (secondary N) is 1. The summed E-state index contributed by atoms with van der Waals surface area (Å²) in [5.74, 6) is 2.03. The molecule has 0 spiro atoms. The maximum Gasteiger partial charge on any atom is 0.187 e. The molecule has 1 aliphatic rings. The minimum Gasteiger partial charge on any atom is -0.457 e. The molecule has 0 bridgehead atoms. The third-order valence-corrected chi connectivity index (χ3v) is 5.25. The predicted molar refractivity (Wildman–Crippen MR) is 120 cm³/mol. The number of nitrogens with two attached hydrogens (primary N) is 1. The summed E-state index contributed by atoms with van der Waals surface area (Å²) in [6, 6.07) is 18.0. The highest BCUT2D eigenvalue weighted by molar-refractivity contribution is 5.98. The molecular formula is C22H23ClN6O. The Balaban J connectivity index is 0.00000218. The average Bonchev–Trinajstić information content (AvgIpc) is 3.17. The number of aromatic nitrogens is 4. The van der Waals surface area contributed by atoms with Crippen LogP contribution in [0, 0.1) is 0 Å². The normalized spacial score (nSPS) is 16.2. The molecule has 30 heavy (non-hydrogen) atoms. The minimum absolute atomic E-state index is 0. The van der Waals surface area contributed by atoms with Gasteiger partial charge in [0.05, 0.1) is 17.1 Å². The second-order valence-electron chi connectivity index (χ2n) is 7.19. The van der Waals surface area contributed by atoms with Crippen LogP contribution in [0.15, 0.2) is 60.9 Å². The molecule has 3 N–H and O–H groups in total. The van der Waals surface area contributed by atoms with Gasteiger partial charge in [-0.05, 0) is 55.8 Å². The Hall–Kier alpha value is -3.16. The van der Waals surface area contributed by atoms with Crippen molar-refractivity contribution in [2.75, 3.05) is 18.8 Å². The van der Waals surface area contributed by atoms with Crippen molar-refractivity contribution in [3.63, 3.8) is 0 Å². The fraction of sp³-hybridized carbons (Fsp3) is 0.227. The second-order valence-corrected chi connectivity index (χ2v) is 7.19. The third-order valence-electron chi connectivity index (χ3n) is 5.25. The van der Waals surface area contributed by atoms with E-state index in [1.807, 2.05) is 54.6 Å². The van der Waals surface area contributed by atoms with Gasteiger partial charge in [0.2, 0.25) is 0 Å². The molecule has 1 aliphatic heterocycles. The van der Waals surface area contributed by atoms with Crippen molar-refractivity contribution in [2.24, 2.45) is 0 Å². The van der Waals surface area contributed by atoms with Crippen LogP contribution in [-0.2, 0) is 0 Å². The summed E-state index contributed by atoms with van der Waals surface area (Å²) in [6.45, 7) is 1.92. The molecule has 3 heterocycles. The first-order chi connectivity index (χ1) is 14.3. The van der Waals surface area contributed by atoms with Gasteiger partial charge in [-0.3, -0.25) is 4.68 Å². The van der Waals surface area contributed by atoms with Gasteiger partial charge in [0.1, 0.15) is 23.6 Å². The van der Waals surface area contributed by atoms with Crippen LogP contribution >= 0.6 is 12.4 Å². The summed E-state index contributed by atoms with van der Waals surface area (Å²) in [5.41, 5.74) is 8.82. The number of hydrogen-bond donors (Lipinski definition) is 2. The molecule has 1 saturated heterocycles. The lowest BCUT2D eigenvalue weighted by atomic mass is 10.0. The van der Waals surface area contributed by atoms with Crippen LogP contribution in [-0.4, -0.2) is 32.8 Å². The maximum atomic E-state index is 6.22. The zero-order chi connectivity index (χ0) is 19.6. The number of anilines is 1. The molecule has 1 fully saturated rings. The van der Waals surface area contributed by atoms with E-state index in [0.29, 0.717) is 11.5 Å². The van der Waals surface area contributed by atoms with Crippen molar-refractivity contribution in [1.29, 1.82) is 0 Å². The Bertz CT molecular complexity index is 1120. The number of halogens is 1.